The van der Waals surface area contributed by atoms with E-state index in [1.54, 1.807) is 12.1 Å². The minimum atomic E-state index is -4.05. The fourth-order valence-corrected chi connectivity index (χ4v) is 1.88. The van der Waals surface area contributed by atoms with Crippen molar-refractivity contribution in [3.05, 3.63) is 29.8 Å². The van der Waals surface area contributed by atoms with E-state index in [2.05, 4.69) is 15.9 Å². The van der Waals surface area contributed by atoms with Crippen molar-refractivity contribution in [1.82, 2.24) is 0 Å². The summed E-state index contributed by atoms with van der Waals surface area (Å²) in [6.45, 7) is 0. The van der Waals surface area contributed by atoms with Crippen molar-refractivity contribution in [2.45, 2.75) is 11.3 Å². The van der Waals surface area contributed by atoms with Gasteiger partial charge in [-0.2, -0.15) is 8.42 Å². The number of rotatable bonds is 3. The summed E-state index contributed by atoms with van der Waals surface area (Å²) < 4.78 is 30.0. The second-order valence-corrected chi connectivity index (χ2v) is 4.77. The molecular weight excluding hydrogens is 279 g/mol. The average molecular weight is 288 g/mol. The molecule has 73 valence electrons. The molecule has 0 saturated carbocycles. The van der Waals surface area contributed by atoms with Gasteiger partial charge in [0.15, 0.2) is 0 Å². The molecule has 6 heteroatoms. The van der Waals surface area contributed by atoms with Crippen LogP contribution in [0.4, 0.5) is 0 Å². The Kier molecular flexibility index (Phi) is 6.52. The van der Waals surface area contributed by atoms with Gasteiger partial charge in [0.05, 0.1) is 4.90 Å². The van der Waals surface area contributed by atoms with Gasteiger partial charge in [0, 0.05) is 34.9 Å². The topological polar surface area (TPSA) is 54.4 Å². The number of halogens is 1. The van der Waals surface area contributed by atoms with Crippen LogP contribution in [0.5, 0.6) is 0 Å². The van der Waals surface area contributed by atoms with E-state index in [1.807, 2.05) is 0 Å². The molecule has 0 aliphatic rings. The Bertz CT molecular complexity index is 374. The van der Waals surface area contributed by atoms with E-state index < -0.39 is 10.1 Å². The van der Waals surface area contributed by atoms with Crippen LogP contribution in [-0.4, -0.2) is 47.9 Å². The van der Waals surface area contributed by atoms with Crippen LogP contribution in [0.2, 0.25) is 0 Å². The van der Waals surface area contributed by atoms with E-state index in [0.717, 1.165) is 17.3 Å². The van der Waals surface area contributed by atoms with Crippen molar-refractivity contribution in [3.63, 3.8) is 0 Å². The minimum Gasteiger partial charge on any atom is -0.282 e. The summed E-state index contributed by atoms with van der Waals surface area (Å²) in [5, 5.41) is 0.832. The minimum absolute atomic E-state index is 0. The van der Waals surface area contributed by atoms with Gasteiger partial charge in [-0.15, -0.1) is 0 Å². The Labute approximate surface area is 114 Å². The largest absolute Gasteiger partial charge is 0.294 e. The SMILES string of the molecule is O=S(=O)(O)c1ccc(CCBr)cc1.[Na]. The first-order valence-electron chi connectivity index (χ1n) is 3.66. The van der Waals surface area contributed by atoms with Crippen LogP contribution in [0.15, 0.2) is 29.2 Å². The van der Waals surface area contributed by atoms with E-state index in [0.29, 0.717) is 0 Å². The molecule has 1 rings (SSSR count). The van der Waals surface area contributed by atoms with Crippen molar-refractivity contribution in [2.75, 3.05) is 5.33 Å². The molecule has 0 aliphatic carbocycles. The fraction of sp³-hybridized carbons (Fsp3) is 0.250. The summed E-state index contributed by atoms with van der Waals surface area (Å²) in [5.41, 5.74) is 1.03. The molecule has 0 amide bonds. The quantitative estimate of drug-likeness (QED) is 0.521. The van der Waals surface area contributed by atoms with E-state index >= 15 is 0 Å². The van der Waals surface area contributed by atoms with Gasteiger partial charge >= 0.3 is 0 Å². The number of alkyl halides is 1. The molecule has 0 aliphatic heterocycles. The van der Waals surface area contributed by atoms with Gasteiger partial charge < -0.3 is 0 Å². The number of aryl methyl sites for hydroxylation is 1. The van der Waals surface area contributed by atoms with Crippen LogP contribution in [0.1, 0.15) is 5.56 Å². The molecule has 3 nitrogen and oxygen atoms in total. The van der Waals surface area contributed by atoms with Crippen LogP contribution in [0, 0.1) is 0 Å². The van der Waals surface area contributed by atoms with Crippen LogP contribution in [0.25, 0.3) is 0 Å². The van der Waals surface area contributed by atoms with E-state index in [4.69, 9.17) is 4.55 Å². The molecule has 1 radical (unpaired) electrons. The monoisotopic (exact) mass is 287 g/mol. The van der Waals surface area contributed by atoms with Gasteiger partial charge in [-0.25, -0.2) is 0 Å². The van der Waals surface area contributed by atoms with E-state index in [-0.39, 0.29) is 34.5 Å². The second-order valence-electron chi connectivity index (χ2n) is 2.56. The molecule has 0 atom stereocenters. The molecule has 1 aromatic carbocycles. The van der Waals surface area contributed by atoms with E-state index in [9.17, 15) is 8.42 Å². The second kappa shape index (κ2) is 6.25. The maximum absolute atomic E-state index is 10.6. The first-order valence-corrected chi connectivity index (χ1v) is 6.22. The van der Waals surface area contributed by atoms with Gasteiger partial charge in [-0.3, -0.25) is 4.55 Å². The third-order valence-corrected chi connectivity index (χ3v) is 2.87. The van der Waals surface area contributed by atoms with Gasteiger partial charge in [-0.05, 0) is 24.1 Å². The molecule has 0 bridgehead atoms. The zero-order valence-electron chi connectivity index (χ0n) is 7.77. The molecular formula is C8H9BrNaO3S. The third kappa shape index (κ3) is 4.42. The molecule has 1 aromatic rings. The summed E-state index contributed by atoms with van der Waals surface area (Å²) in [6, 6.07) is 6.16. The first-order chi connectivity index (χ1) is 6.04. The molecule has 1 N–H and O–H groups in total. The predicted molar refractivity (Wildman–Crippen MR) is 59.5 cm³/mol. The Balaban J connectivity index is 0.00000169. The van der Waals surface area contributed by atoms with Gasteiger partial charge in [-0.1, -0.05) is 28.1 Å². The molecule has 0 heterocycles. The van der Waals surface area contributed by atoms with Gasteiger partial charge in [0.25, 0.3) is 10.1 Å². The molecule has 0 saturated heterocycles. The van der Waals surface area contributed by atoms with Crippen molar-refractivity contribution in [2.24, 2.45) is 0 Å². The summed E-state index contributed by atoms with van der Waals surface area (Å²) in [5.74, 6) is 0. The molecule has 0 unspecified atom stereocenters. The first kappa shape index (κ1) is 14.6. The zero-order valence-corrected chi connectivity index (χ0v) is 12.2. The van der Waals surface area contributed by atoms with Crippen LogP contribution < -0.4 is 0 Å². The number of hydrogen-bond donors (Lipinski definition) is 1. The maximum Gasteiger partial charge on any atom is 0.294 e. The van der Waals surface area contributed by atoms with Crippen molar-refractivity contribution in [1.29, 1.82) is 0 Å². The van der Waals surface area contributed by atoms with Crippen LogP contribution >= 0.6 is 15.9 Å². The number of hydrogen-bond acceptors (Lipinski definition) is 2. The van der Waals surface area contributed by atoms with Crippen molar-refractivity contribution < 1.29 is 13.0 Å². The number of benzene rings is 1. The zero-order chi connectivity index (χ0) is 9.90. The summed E-state index contributed by atoms with van der Waals surface area (Å²) in [4.78, 5) is -0.0641. The van der Waals surface area contributed by atoms with Gasteiger partial charge in [0.2, 0.25) is 0 Å². The van der Waals surface area contributed by atoms with Crippen molar-refractivity contribution in [3.8, 4) is 0 Å². The van der Waals surface area contributed by atoms with Crippen LogP contribution in [0.3, 0.4) is 0 Å². The molecule has 0 spiro atoms. The third-order valence-electron chi connectivity index (χ3n) is 1.60. The van der Waals surface area contributed by atoms with Crippen LogP contribution in [-0.2, 0) is 16.5 Å². The Hall–Kier alpha value is 0.610. The Morgan fingerprint density at radius 3 is 2.07 bits per heavy atom. The summed E-state index contributed by atoms with van der Waals surface area (Å²) >= 11 is 3.28. The molecule has 0 aromatic heterocycles. The maximum atomic E-state index is 10.6. The summed E-state index contributed by atoms with van der Waals surface area (Å²) in [6.07, 6.45) is 0.839. The standard InChI is InChI=1S/C8H9BrO3S.Na/c9-6-5-7-1-3-8(4-2-7)13(10,11)12;/h1-4H,5-6H2,(H,10,11,12);. The normalized spacial score (nSPS) is 10.7. The van der Waals surface area contributed by atoms with E-state index in [1.165, 1.54) is 12.1 Å². The molecule has 14 heavy (non-hydrogen) atoms. The Morgan fingerprint density at radius 1 is 1.21 bits per heavy atom. The fourth-order valence-electron chi connectivity index (χ4n) is 0.937. The Morgan fingerprint density at radius 2 is 1.71 bits per heavy atom. The smallest absolute Gasteiger partial charge is 0.282 e. The van der Waals surface area contributed by atoms with Crippen molar-refractivity contribution >= 4 is 55.6 Å². The summed E-state index contributed by atoms with van der Waals surface area (Å²) in [7, 11) is -4.05. The average Bonchev–Trinajstić information content (AvgIpc) is 2.04. The van der Waals surface area contributed by atoms with Gasteiger partial charge in [0.1, 0.15) is 0 Å². The molecule has 0 fully saturated rings. The predicted octanol–water partition coefficient (Wildman–Crippen LogP) is 1.49.